The highest BCUT2D eigenvalue weighted by Crippen LogP contribution is 2.37. The Morgan fingerprint density at radius 2 is 2.16 bits per heavy atom. The van der Waals surface area contributed by atoms with Gasteiger partial charge in [-0.05, 0) is 44.9 Å². The zero-order valence-corrected chi connectivity index (χ0v) is 16.1. The number of thiazole rings is 1. The number of rotatable bonds is 5. The number of ether oxygens (including phenoxy) is 1. The first-order chi connectivity index (χ1) is 11.9. The van der Waals surface area contributed by atoms with Gasteiger partial charge in [-0.15, -0.1) is 0 Å². The number of carbonyl (C=O) groups excluding carboxylic acids is 2. The average molecular weight is 427 g/mol. The highest BCUT2D eigenvalue weighted by Gasteiger charge is 2.37. The standard InChI is InChI=1S/C17H16BrFN2O3S/c1-3-24-16(23)14-9(2)20-17(25-14)21(11-5-6-11)15(22)12-7-4-10(18)8-13(12)19/h4,7-8,11H,3,5-6H2,1-2H3. The van der Waals surface area contributed by atoms with Crippen LogP contribution in [0.3, 0.4) is 0 Å². The second-order valence-electron chi connectivity index (χ2n) is 5.66. The average Bonchev–Trinajstić information content (AvgIpc) is 3.30. The second-order valence-corrected chi connectivity index (χ2v) is 7.56. The Morgan fingerprint density at radius 3 is 2.76 bits per heavy atom. The van der Waals surface area contributed by atoms with Crippen LogP contribution in [-0.2, 0) is 4.74 Å². The van der Waals surface area contributed by atoms with E-state index in [1.165, 1.54) is 17.0 Å². The number of carbonyl (C=O) groups is 2. The molecule has 0 saturated heterocycles. The van der Waals surface area contributed by atoms with E-state index in [2.05, 4.69) is 20.9 Å². The molecule has 0 atom stereocenters. The molecule has 0 spiro atoms. The molecule has 0 radical (unpaired) electrons. The van der Waals surface area contributed by atoms with Gasteiger partial charge in [0.15, 0.2) is 5.13 Å². The topological polar surface area (TPSA) is 59.5 Å². The molecule has 5 nitrogen and oxygen atoms in total. The minimum absolute atomic E-state index is 0.0133. The number of hydrogen-bond donors (Lipinski definition) is 0. The smallest absolute Gasteiger partial charge is 0.350 e. The van der Waals surface area contributed by atoms with Crippen LogP contribution < -0.4 is 4.90 Å². The monoisotopic (exact) mass is 426 g/mol. The van der Waals surface area contributed by atoms with Crippen LogP contribution in [0.2, 0.25) is 0 Å². The lowest BCUT2D eigenvalue weighted by molar-refractivity contribution is 0.0531. The lowest BCUT2D eigenvalue weighted by Gasteiger charge is -2.19. The summed E-state index contributed by atoms with van der Waals surface area (Å²) in [5.41, 5.74) is 0.494. The molecule has 0 bridgehead atoms. The molecule has 8 heteroatoms. The first-order valence-corrected chi connectivity index (χ1v) is 9.46. The summed E-state index contributed by atoms with van der Waals surface area (Å²) >= 11 is 4.29. The maximum Gasteiger partial charge on any atom is 0.350 e. The molecule has 1 saturated carbocycles. The second kappa shape index (κ2) is 7.21. The zero-order valence-electron chi connectivity index (χ0n) is 13.7. The van der Waals surface area contributed by atoms with Crippen molar-refractivity contribution in [2.75, 3.05) is 11.5 Å². The maximum absolute atomic E-state index is 14.2. The van der Waals surface area contributed by atoms with E-state index < -0.39 is 17.7 Å². The maximum atomic E-state index is 14.2. The molecule has 1 aliphatic carbocycles. The summed E-state index contributed by atoms with van der Waals surface area (Å²) < 4.78 is 19.8. The van der Waals surface area contributed by atoms with Crippen molar-refractivity contribution in [1.82, 2.24) is 4.98 Å². The molecule has 1 aromatic heterocycles. The predicted molar refractivity (Wildman–Crippen MR) is 96.7 cm³/mol. The summed E-state index contributed by atoms with van der Waals surface area (Å²) in [6.45, 7) is 3.69. The Labute approximate surface area is 156 Å². The number of anilines is 1. The number of aryl methyl sites for hydroxylation is 1. The molecule has 25 heavy (non-hydrogen) atoms. The molecule has 1 aromatic carbocycles. The molecule has 0 N–H and O–H groups in total. The molecule has 1 aliphatic rings. The summed E-state index contributed by atoms with van der Waals surface area (Å²) in [6, 6.07) is 4.31. The largest absolute Gasteiger partial charge is 0.462 e. The molecule has 1 fully saturated rings. The van der Waals surface area contributed by atoms with Crippen LogP contribution in [-0.4, -0.2) is 29.5 Å². The highest BCUT2D eigenvalue weighted by molar-refractivity contribution is 9.10. The number of esters is 1. The quantitative estimate of drug-likeness (QED) is 0.667. The first kappa shape index (κ1) is 18.0. The molecular formula is C17H16BrFN2O3S. The SMILES string of the molecule is CCOC(=O)c1sc(N(C(=O)c2ccc(Br)cc2F)C2CC2)nc1C. The fraction of sp³-hybridized carbons (Fsp3) is 0.353. The van der Waals surface area contributed by atoms with Gasteiger partial charge in [0.25, 0.3) is 5.91 Å². The van der Waals surface area contributed by atoms with Crippen molar-refractivity contribution < 1.29 is 18.7 Å². The number of benzene rings is 1. The summed E-state index contributed by atoms with van der Waals surface area (Å²) in [6.07, 6.45) is 1.66. The Balaban J connectivity index is 1.96. The number of amides is 1. The minimum atomic E-state index is -0.594. The van der Waals surface area contributed by atoms with Gasteiger partial charge in [0, 0.05) is 10.5 Å². The van der Waals surface area contributed by atoms with Gasteiger partial charge >= 0.3 is 5.97 Å². The van der Waals surface area contributed by atoms with Crippen LogP contribution in [0.5, 0.6) is 0 Å². The summed E-state index contributed by atoms with van der Waals surface area (Å²) in [5.74, 6) is -1.50. The highest BCUT2D eigenvalue weighted by atomic mass is 79.9. The van der Waals surface area contributed by atoms with Gasteiger partial charge in [-0.1, -0.05) is 27.3 Å². The van der Waals surface area contributed by atoms with Crippen molar-refractivity contribution in [3.05, 3.63) is 44.6 Å². The number of halogens is 2. The van der Waals surface area contributed by atoms with Crippen molar-refractivity contribution in [3.8, 4) is 0 Å². The van der Waals surface area contributed by atoms with E-state index in [1.54, 1.807) is 19.9 Å². The molecular weight excluding hydrogens is 411 g/mol. The third-order valence-electron chi connectivity index (χ3n) is 3.74. The fourth-order valence-electron chi connectivity index (χ4n) is 2.41. The molecule has 0 aliphatic heterocycles. The number of hydrogen-bond acceptors (Lipinski definition) is 5. The van der Waals surface area contributed by atoms with E-state index >= 15 is 0 Å². The lowest BCUT2D eigenvalue weighted by atomic mass is 10.2. The van der Waals surface area contributed by atoms with Crippen molar-refractivity contribution in [3.63, 3.8) is 0 Å². The Morgan fingerprint density at radius 1 is 1.44 bits per heavy atom. The van der Waals surface area contributed by atoms with Crippen LogP contribution in [0.1, 0.15) is 45.5 Å². The lowest BCUT2D eigenvalue weighted by Crippen LogP contribution is -2.33. The third-order valence-corrected chi connectivity index (χ3v) is 5.37. The molecule has 132 valence electrons. The van der Waals surface area contributed by atoms with Crippen molar-refractivity contribution in [1.29, 1.82) is 0 Å². The van der Waals surface area contributed by atoms with Gasteiger partial charge in [-0.3, -0.25) is 9.69 Å². The van der Waals surface area contributed by atoms with E-state index in [4.69, 9.17) is 4.74 Å². The van der Waals surface area contributed by atoms with E-state index in [0.29, 0.717) is 20.2 Å². The van der Waals surface area contributed by atoms with Gasteiger partial charge in [-0.25, -0.2) is 14.2 Å². The molecule has 3 rings (SSSR count). The van der Waals surface area contributed by atoms with Gasteiger partial charge < -0.3 is 4.74 Å². The van der Waals surface area contributed by atoms with Crippen LogP contribution in [0.4, 0.5) is 9.52 Å². The van der Waals surface area contributed by atoms with E-state index in [1.807, 2.05) is 0 Å². The molecule has 1 amide bonds. The zero-order chi connectivity index (χ0) is 18.1. The number of nitrogens with zero attached hydrogens (tertiary/aromatic N) is 2. The summed E-state index contributed by atoms with van der Waals surface area (Å²) in [4.78, 5) is 31.1. The van der Waals surface area contributed by atoms with Crippen LogP contribution in [0.15, 0.2) is 22.7 Å². The fourth-order valence-corrected chi connectivity index (χ4v) is 3.77. The van der Waals surface area contributed by atoms with Crippen LogP contribution in [0.25, 0.3) is 0 Å². The van der Waals surface area contributed by atoms with Gasteiger partial charge in [0.1, 0.15) is 10.7 Å². The van der Waals surface area contributed by atoms with E-state index in [-0.39, 0.29) is 18.2 Å². The summed E-state index contributed by atoms with van der Waals surface area (Å²) in [5, 5.41) is 0.398. The van der Waals surface area contributed by atoms with Gasteiger partial charge in [-0.2, -0.15) is 0 Å². The Kier molecular flexibility index (Phi) is 5.19. The summed E-state index contributed by atoms with van der Waals surface area (Å²) in [7, 11) is 0. The van der Waals surface area contributed by atoms with Crippen LogP contribution >= 0.6 is 27.3 Å². The Bertz CT molecular complexity index is 835. The normalized spacial score (nSPS) is 13.6. The Hall–Kier alpha value is -1.80. The molecule has 0 unspecified atom stereocenters. The number of aromatic nitrogens is 1. The third kappa shape index (κ3) is 3.74. The predicted octanol–water partition coefficient (Wildman–Crippen LogP) is 4.34. The van der Waals surface area contributed by atoms with Crippen molar-refractivity contribution >= 4 is 44.3 Å². The molecule has 2 aromatic rings. The van der Waals surface area contributed by atoms with E-state index in [9.17, 15) is 14.0 Å². The van der Waals surface area contributed by atoms with Gasteiger partial charge in [0.05, 0.1) is 17.9 Å². The van der Waals surface area contributed by atoms with Crippen molar-refractivity contribution in [2.45, 2.75) is 32.7 Å². The molecule has 1 heterocycles. The van der Waals surface area contributed by atoms with Crippen LogP contribution in [0, 0.1) is 12.7 Å². The minimum Gasteiger partial charge on any atom is -0.462 e. The van der Waals surface area contributed by atoms with Crippen molar-refractivity contribution in [2.24, 2.45) is 0 Å². The van der Waals surface area contributed by atoms with E-state index in [0.717, 1.165) is 24.2 Å². The first-order valence-electron chi connectivity index (χ1n) is 7.85. The van der Waals surface area contributed by atoms with Gasteiger partial charge in [0.2, 0.25) is 0 Å².